The summed E-state index contributed by atoms with van der Waals surface area (Å²) in [4.78, 5) is 21.7. The van der Waals surface area contributed by atoms with E-state index >= 15 is 0 Å². The van der Waals surface area contributed by atoms with E-state index in [0.29, 0.717) is 13.0 Å². The lowest BCUT2D eigenvalue weighted by Gasteiger charge is -2.06. The van der Waals surface area contributed by atoms with Crippen LogP contribution in [0, 0.1) is 0 Å². The number of aliphatic hydroxyl groups is 1. The fourth-order valence-electron chi connectivity index (χ4n) is 0.859. The van der Waals surface area contributed by atoms with Crippen LogP contribution in [0.2, 0.25) is 0 Å². The van der Waals surface area contributed by atoms with Crippen LogP contribution in [0.15, 0.2) is 0 Å². The first-order valence-electron chi connectivity index (χ1n) is 4.59. The van der Waals surface area contributed by atoms with Gasteiger partial charge in [0.1, 0.15) is 0 Å². The summed E-state index contributed by atoms with van der Waals surface area (Å²) >= 11 is 0. The molecule has 0 amide bonds. The minimum atomic E-state index is -1.09. The normalized spacial score (nSPS) is 11.9. The predicted octanol–water partition coefficient (Wildman–Crippen LogP) is 0.601. The van der Waals surface area contributed by atoms with Crippen LogP contribution >= 0.6 is 0 Å². The molecular formula is C9H16O5. The van der Waals surface area contributed by atoms with Gasteiger partial charge in [-0.1, -0.05) is 0 Å². The van der Waals surface area contributed by atoms with Crippen molar-refractivity contribution in [2.24, 2.45) is 0 Å². The van der Waals surface area contributed by atoms with Gasteiger partial charge in [-0.15, -0.1) is 0 Å². The first-order chi connectivity index (χ1) is 6.56. The molecule has 1 atom stereocenters. The molecule has 5 heteroatoms. The maximum absolute atomic E-state index is 10.9. The zero-order valence-electron chi connectivity index (χ0n) is 8.49. The Labute approximate surface area is 83.0 Å². The molecule has 0 bridgehead atoms. The fraction of sp³-hybridized carbons (Fsp3) is 0.778. The number of ether oxygens (including phenoxy) is 2. The van der Waals surface area contributed by atoms with Crippen LogP contribution in [0.4, 0.5) is 0 Å². The summed E-state index contributed by atoms with van der Waals surface area (Å²) in [5.41, 5.74) is 0. The maximum atomic E-state index is 10.9. The van der Waals surface area contributed by atoms with Gasteiger partial charge in [0.2, 0.25) is 0 Å². The highest BCUT2D eigenvalue weighted by Crippen LogP contribution is 2.00. The van der Waals surface area contributed by atoms with Crippen LogP contribution in [0.1, 0.15) is 33.1 Å². The van der Waals surface area contributed by atoms with E-state index in [1.54, 1.807) is 6.92 Å². The van der Waals surface area contributed by atoms with Crippen molar-refractivity contribution >= 4 is 11.9 Å². The largest absolute Gasteiger partial charge is 0.466 e. The second-order valence-electron chi connectivity index (χ2n) is 2.75. The summed E-state index contributed by atoms with van der Waals surface area (Å²) in [5, 5.41) is 8.68. The van der Waals surface area contributed by atoms with Crippen molar-refractivity contribution in [3.8, 4) is 0 Å². The number of hydrogen-bond acceptors (Lipinski definition) is 5. The Hall–Kier alpha value is -1.10. The Morgan fingerprint density at radius 3 is 2.36 bits per heavy atom. The number of carbonyl (C=O) groups is 2. The highest BCUT2D eigenvalue weighted by atomic mass is 16.6. The molecule has 0 spiro atoms. The van der Waals surface area contributed by atoms with Gasteiger partial charge in [0.25, 0.3) is 0 Å². The van der Waals surface area contributed by atoms with Gasteiger partial charge in [-0.05, 0) is 20.3 Å². The lowest BCUT2D eigenvalue weighted by molar-refractivity contribution is -0.164. The van der Waals surface area contributed by atoms with E-state index < -0.39 is 12.3 Å². The van der Waals surface area contributed by atoms with Gasteiger partial charge in [0, 0.05) is 12.8 Å². The van der Waals surface area contributed by atoms with Crippen LogP contribution in [-0.4, -0.2) is 29.9 Å². The van der Waals surface area contributed by atoms with E-state index in [4.69, 9.17) is 5.11 Å². The molecule has 0 aromatic carbocycles. The zero-order chi connectivity index (χ0) is 11.0. The number of esters is 2. The van der Waals surface area contributed by atoms with Gasteiger partial charge in [0.15, 0.2) is 6.29 Å². The van der Waals surface area contributed by atoms with E-state index in [1.807, 2.05) is 0 Å². The van der Waals surface area contributed by atoms with Crippen molar-refractivity contribution in [3.63, 3.8) is 0 Å². The minimum absolute atomic E-state index is 0.115. The molecule has 0 radical (unpaired) electrons. The van der Waals surface area contributed by atoms with E-state index in [0.717, 1.165) is 0 Å². The van der Waals surface area contributed by atoms with Crippen molar-refractivity contribution < 1.29 is 24.2 Å². The first kappa shape index (κ1) is 12.9. The quantitative estimate of drug-likeness (QED) is 0.506. The van der Waals surface area contributed by atoms with Gasteiger partial charge in [0.05, 0.1) is 6.61 Å². The molecule has 0 aromatic rings. The second kappa shape index (κ2) is 7.32. The van der Waals surface area contributed by atoms with Crippen LogP contribution in [0.3, 0.4) is 0 Å². The van der Waals surface area contributed by atoms with Crippen LogP contribution in [0.25, 0.3) is 0 Å². The van der Waals surface area contributed by atoms with E-state index in [2.05, 4.69) is 9.47 Å². The summed E-state index contributed by atoms with van der Waals surface area (Å²) < 4.78 is 9.12. The summed E-state index contributed by atoms with van der Waals surface area (Å²) in [6, 6.07) is 0. The van der Waals surface area contributed by atoms with Crippen molar-refractivity contribution in [1.29, 1.82) is 0 Å². The molecule has 82 valence electrons. The molecule has 0 saturated heterocycles. The first-order valence-corrected chi connectivity index (χ1v) is 4.59. The molecule has 5 nitrogen and oxygen atoms in total. The Balaban J connectivity index is 3.44. The average molecular weight is 204 g/mol. The highest BCUT2D eigenvalue weighted by Gasteiger charge is 2.08. The lowest BCUT2D eigenvalue weighted by atomic mass is 10.2. The molecule has 0 aliphatic rings. The zero-order valence-corrected chi connectivity index (χ0v) is 8.49. The van der Waals surface area contributed by atoms with Gasteiger partial charge in [-0.25, -0.2) is 0 Å². The van der Waals surface area contributed by atoms with E-state index in [9.17, 15) is 9.59 Å². The van der Waals surface area contributed by atoms with Crippen molar-refractivity contribution in [2.45, 2.75) is 39.4 Å². The Kier molecular flexibility index (Phi) is 6.74. The van der Waals surface area contributed by atoms with Gasteiger partial charge in [-0.2, -0.15) is 0 Å². The summed E-state index contributed by atoms with van der Waals surface area (Å²) in [5.74, 6) is -0.832. The lowest BCUT2D eigenvalue weighted by Crippen LogP contribution is -2.14. The Morgan fingerprint density at radius 2 is 1.86 bits per heavy atom. The number of carbonyl (C=O) groups excluding carboxylic acids is 2. The molecule has 0 heterocycles. The molecule has 0 fully saturated rings. The van der Waals surface area contributed by atoms with Crippen LogP contribution < -0.4 is 0 Å². The molecule has 0 aromatic heterocycles. The fourth-order valence-corrected chi connectivity index (χ4v) is 0.859. The third-order valence-electron chi connectivity index (χ3n) is 1.37. The molecular weight excluding hydrogens is 188 g/mol. The molecule has 1 unspecified atom stereocenters. The standard InChI is InChI=1S/C9H16O5/c1-3-13-8(11)5-4-6-9(12)14-7(2)10/h7,10H,3-6H2,1-2H3. The molecule has 1 N–H and O–H groups in total. The molecule has 0 aliphatic carbocycles. The van der Waals surface area contributed by atoms with Crippen molar-refractivity contribution in [2.75, 3.05) is 6.61 Å². The Bertz CT molecular complexity index is 188. The Morgan fingerprint density at radius 1 is 1.29 bits per heavy atom. The van der Waals surface area contributed by atoms with Crippen LogP contribution in [0.5, 0.6) is 0 Å². The maximum Gasteiger partial charge on any atom is 0.308 e. The third-order valence-corrected chi connectivity index (χ3v) is 1.37. The second-order valence-corrected chi connectivity index (χ2v) is 2.75. The van der Waals surface area contributed by atoms with Crippen LogP contribution in [-0.2, 0) is 19.1 Å². The monoisotopic (exact) mass is 204 g/mol. The van der Waals surface area contributed by atoms with Gasteiger partial charge < -0.3 is 14.6 Å². The van der Waals surface area contributed by atoms with E-state index in [-0.39, 0.29) is 18.8 Å². The summed E-state index contributed by atoms with van der Waals surface area (Å²) in [7, 11) is 0. The predicted molar refractivity (Wildman–Crippen MR) is 48.3 cm³/mol. The number of aliphatic hydroxyl groups excluding tert-OH is 1. The van der Waals surface area contributed by atoms with Gasteiger partial charge in [-0.3, -0.25) is 9.59 Å². The molecule has 0 aliphatic heterocycles. The summed E-state index contributed by atoms with van der Waals surface area (Å²) in [6.07, 6.45) is -0.401. The topological polar surface area (TPSA) is 72.8 Å². The molecule has 14 heavy (non-hydrogen) atoms. The van der Waals surface area contributed by atoms with Gasteiger partial charge >= 0.3 is 11.9 Å². The number of rotatable bonds is 6. The third kappa shape index (κ3) is 7.54. The molecule has 0 rings (SSSR count). The smallest absolute Gasteiger partial charge is 0.308 e. The number of hydrogen-bond donors (Lipinski definition) is 1. The molecule has 0 saturated carbocycles. The SMILES string of the molecule is CCOC(=O)CCCC(=O)OC(C)O. The summed E-state index contributed by atoms with van der Waals surface area (Å²) in [6.45, 7) is 3.42. The van der Waals surface area contributed by atoms with Crippen molar-refractivity contribution in [1.82, 2.24) is 0 Å². The average Bonchev–Trinajstić information content (AvgIpc) is 2.02. The highest BCUT2D eigenvalue weighted by molar-refractivity contribution is 5.72. The van der Waals surface area contributed by atoms with Crippen molar-refractivity contribution in [3.05, 3.63) is 0 Å². The van der Waals surface area contributed by atoms with E-state index in [1.165, 1.54) is 6.92 Å². The minimum Gasteiger partial charge on any atom is -0.466 e.